The van der Waals surface area contributed by atoms with Crippen molar-refractivity contribution >= 4 is 28.3 Å². The average Bonchev–Trinajstić information content (AvgIpc) is 2.03. The number of rotatable bonds is 1. The standard InChI is InChI=1S/C8H8INO/c1-6(10-11)7-3-2-4-8(9)5-7/h2-5,11H,1H3/b10-6-. The first-order valence-corrected chi connectivity index (χ1v) is 4.26. The van der Waals surface area contributed by atoms with Crippen LogP contribution in [0.4, 0.5) is 0 Å². The third-order valence-corrected chi connectivity index (χ3v) is 2.06. The van der Waals surface area contributed by atoms with E-state index in [-0.39, 0.29) is 0 Å². The van der Waals surface area contributed by atoms with Crippen molar-refractivity contribution in [2.45, 2.75) is 6.92 Å². The number of benzene rings is 1. The summed E-state index contributed by atoms with van der Waals surface area (Å²) in [6.45, 7) is 1.77. The van der Waals surface area contributed by atoms with E-state index in [2.05, 4.69) is 27.7 Å². The van der Waals surface area contributed by atoms with Crippen LogP contribution in [0.1, 0.15) is 12.5 Å². The Kier molecular flexibility index (Phi) is 2.87. The van der Waals surface area contributed by atoms with Crippen LogP contribution in [-0.2, 0) is 0 Å². The normalized spacial score (nSPS) is 11.6. The lowest BCUT2D eigenvalue weighted by atomic mass is 10.1. The molecule has 0 saturated carbocycles. The minimum absolute atomic E-state index is 0.642. The number of nitrogens with zero attached hydrogens (tertiary/aromatic N) is 1. The van der Waals surface area contributed by atoms with Gasteiger partial charge in [0.15, 0.2) is 0 Å². The van der Waals surface area contributed by atoms with E-state index in [0.717, 1.165) is 9.13 Å². The van der Waals surface area contributed by atoms with Gasteiger partial charge in [-0.2, -0.15) is 0 Å². The lowest BCUT2D eigenvalue weighted by molar-refractivity contribution is 0.319. The fourth-order valence-corrected chi connectivity index (χ4v) is 1.31. The van der Waals surface area contributed by atoms with Crippen LogP contribution in [0.5, 0.6) is 0 Å². The van der Waals surface area contributed by atoms with E-state index in [0.29, 0.717) is 5.71 Å². The first-order chi connectivity index (χ1) is 5.24. The summed E-state index contributed by atoms with van der Waals surface area (Å²) >= 11 is 2.22. The molecule has 0 unspecified atom stereocenters. The Morgan fingerprint density at radius 1 is 1.55 bits per heavy atom. The lowest BCUT2D eigenvalue weighted by Crippen LogP contribution is -1.93. The van der Waals surface area contributed by atoms with Crippen molar-refractivity contribution in [2.75, 3.05) is 0 Å². The largest absolute Gasteiger partial charge is 0.411 e. The van der Waals surface area contributed by atoms with Crippen LogP contribution in [0.2, 0.25) is 0 Å². The summed E-state index contributed by atoms with van der Waals surface area (Å²) < 4.78 is 1.14. The van der Waals surface area contributed by atoms with Gasteiger partial charge in [-0.05, 0) is 41.6 Å². The van der Waals surface area contributed by atoms with Gasteiger partial charge in [-0.1, -0.05) is 17.3 Å². The maximum Gasteiger partial charge on any atom is 0.0837 e. The van der Waals surface area contributed by atoms with Crippen LogP contribution in [-0.4, -0.2) is 10.9 Å². The summed E-state index contributed by atoms with van der Waals surface area (Å²) in [5, 5.41) is 11.6. The van der Waals surface area contributed by atoms with E-state index in [1.807, 2.05) is 24.3 Å². The fourth-order valence-electron chi connectivity index (χ4n) is 0.771. The minimum atomic E-state index is 0.642. The van der Waals surface area contributed by atoms with Gasteiger partial charge in [-0.25, -0.2) is 0 Å². The second kappa shape index (κ2) is 3.71. The molecular weight excluding hydrogens is 253 g/mol. The molecule has 0 heterocycles. The van der Waals surface area contributed by atoms with Crippen LogP contribution < -0.4 is 0 Å². The maximum absolute atomic E-state index is 8.46. The zero-order valence-electron chi connectivity index (χ0n) is 6.08. The van der Waals surface area contributed by atoms with E-state index in [1.165, 1.54) is 0 Å². The smallest absolute Gasteiger partial charge is 0.0837 e. The van der Waals surface area contributed by atoms with Gasteiger partial charge in [0.1, 0.15) is 0 Å². The van der Waals surface area contributed by atoms with Crippen LogP contribution in [0.3, 0.4) is 0 Å². The van der Waals surface area contributed by atoms with Gasteiger partial charge in [-0.3, -0.25) is 0 Å². The van der Waals surface area contributed by atoms with Gasteiger partial charge in [0.05, 0.1) is 5.71 Å². The highest BCUT2D eigenvalue weighted by Crippen LogP contribution is 2.08. The fraction of sp³-hybridized carbons (Fsp3) is 0.125. The molecule has 0 aliphatic rings. The molecule has 1 N–H and O–H groups in total. The van der Waals surface area contributed by atoms with Gasteiger partial charge in [0.2, 0.25) is 0 Å². The molecule has 0 saturated heterocycles. The molecule has 1 aromatic rings. The molecule has 3 heteroatoms. The molecule has 0 aliphatic carbocycles. The summed E-state index contributed by atoms with van der Waals surface area (Å²) in [7, 11) is 0. The van der Waals surface area contributed by atoms with Gasteiger partial charge in [-0.15, -0.1) is 0 Å². The predicted molar refractivity (Wildman–Crippen MR) is 53.2 cm³/mol. The van der Waals surface area contributed by atoms with Crippen LogP contribution in [0.25, 0.3) is 0 Å². The van der Waals surface area contributed by atoms with Gasteiger partial charge in [0, 0.05) is 9.13 Å². The molecule has 58 valence electrons. The predicted octanol–water partition coefficient (Wildman–Crippen LogP) is 2.49. The number of halogens is 1. The molecule has 0 radical (unpaired) electrons. The summed E-state index contributed by atoms with van der Waals surface area (Å²) in [6.07, 6.45) is 0. The molecule has 1 rings (SSSR count). The van der Waals surface area contributed by atoms with E-state index >= 15 is 0 Å². The first kappa shape index (κ1) is 8.52. The quantitative estimate of drug-likeness (QED) is 0.358. The molecule has 0 spiro atoms. The lowest BCUT2D eigenvalue weighted by Gasteiger charge is -1.97. The maximum atomic E-state index is 8.46. The first-order valence-electron chi connectivity index (χ1n) is 3.18. The highest BCUT2D eigenvalue weighted by atomic mass is 127. The van der Waals surface area contributed by atoms with E-state index in [1.54, 1.807) is 6.92 Å². The molecule has 2 nitrogen and oxygen atoms in total. The van der Waals surface area contributed by atoms with Gasteiger partial charge >= 0.3 is 0 Å². The number of oxime groups is 1. The topological polar surface area (TPSA) is 32.6 Å². The summed E-state index contributed by atoms with van der Waals surface area (Å²) in [6, 6.07) is 7.81. The van der Waals surface area contributed by atoms with Gasteiger partial charge < -0.3 is 5.21 Å². The van der Waals surface area contributed by atoms with Crippen molar-refractivity contribution < 1.29 is 5.21 Å². The molecule has 0 amide bonds. The Labute approximate surface area is 79.1 Å². The Balaban J connectivity index is 3.06. The summed E-state index contributed by atoms with van der Waals surface area (Å²) in [5.41, 5.74) is 1.60. The zero-order valence-corrected chi connectivity index (χ0v) is 8.24. The molecule has 0 aliphatic heterocycles. The van der Waals surface area contributed by atoms with Crippen molar-refractivity contribution in [3.05, 3.63) is 33.4 Å². The van der Waals surface area contributed by atoms with Crippen molar-refractivity contribution in [1.82, 2.24) is 0 Å². The van der Waals surface area contributed by atoms with Crippen molar-refractivity contribution in [3.63, 3.8) is 0 Å². The molecule has 11 heavy (non-hydrogen) atoms. The Morgan fingerprint density at radius 3 is 2.82 bits per heavy atom. The molecule has 0 bridgehead atoms. The van der Waals surface area contributed by atoms with Crippen molar-refractivity contribution in [2.24, 2.45) is 5.16 Å². The number of hydrogen-bond acceptors (Lipinski definition) is 2. The summed E-state index contributed by atoms with van der Waals surface area (Å²) in [5.74, 6) is 0. The highest BCUT2D eigenvalue weighted by Gasteiger charge is 1.96. The Morgan fingerprint density at radius 2 is 2.27 bits per heavy atom. The highest BCUT2D eigenvalue weighted by molar-refractivity contribution is 14.1. The van der Waals surface area contributed by atoms with E-state index in [9.17, 15) is 0 Å². The van der Waals surface area contributed by atoms with E-state index < -0.39 is 0 Å². The van der Waals surface area contributed by atoms with Crippen LogP contribution >= 0.6 is 22.6 Å². The van der Waals surface area contributed by atoms with E-state index in [4.69, 9.17) is 5.21 Å². The van der Waals surface area contributed by atoms with Crippen molar-refractivity contribution in [3.8, 4) is 0 Å². The third-order valence-electron chi connectivity index (χ3n) is 1.39. The monoisotopic (exact) mass is 261 g/mol. The molecule has 0 atom stereocenters. The second-order valence-corrected chi connectivity index (χ2v) is 3.44. The van der Waals surface area contributed by atoms with Crippen molar-refractivity contribution in [1.29, 1.82) is 0 Å². The molecule has 1 aromatic carbocycles. The zero-order chi connectivity index (χ0) is 8.27. The minimum Gasteiger partial charge on any atom is -0.411 e. The average molecular weight is 261 g/mol. The Bertz CT molecular complexity index is 283. The molecule has 0 fully saturated rings. The molecular formula is C8H8INO. The van der Waals surface area contributed by atoms with Crippen LogP contribution in [0, 0.1) is 3.57 Å². The molecule has 0 aromatic heterocycles. The second-order valence-electron chi connectivity index (χ2n) is 2.20. The van der Waals surface area contributed by atoms with Crippen LogP contribution in [0.15, 0.2) is 29.4 Å². The SMILES string of the molecule is C/C(=N/O)c1cccc(I)c1. The van der Waals surface area contributed by atoms with Gasteiger partial charge in [0.25, 0.3) is 0 Å². The number of hydrogen-bond donors (Lipinski definition) is 1. The third kappa shape index (κ3) is 2.18. The Hall–Kier alpha value is -0.580. The summed E-state index contributed by atoms with van der Waals surface area (Å²) in [4.78, 5) is 0.